The Morgan fingerprint density at radius 3 is 2.44 bits per heavy atom. The third kappa shape index (κ3) is 3.92. The first-order chi connectivity index (χ1) is 15.5. The molecule has 0 radical (unpaired) electrons. The molecule has 0 saturated carbocycles. The molecule has 0 N–H and O–H groups in total. The zero-order chi connectivity index (χ0) is 22.1. The van der Waals surface area contributed by atoms with Crippen LogP contribution in [0.15, 0.2) is 59.8 Å². The highest BCUT2D eigenvalue weighted by atomic mass is 32.2. The summed E-state index contributed by atoms with van der Waals surface area (Å²) < 4.78 is 34.5. The lowest BCUT2D eigenvalue weighted by Gasteiger charge is -2.31. The minimum atomic E-state index is -3.46. The number of hydrogen-bond donors (Lipinski definition) is 0. The number of hydrogen-bond acceptors (Lipinski definition) is 5. The van der Waals surface area contributed by atoms with Gasteiger partial charge in [0.25, 0.3) is 5.91 Å². The third-order valence-corrected chi connectivity index (χ3v) is 8.29. The van der Waals surface area contributed by atoms with Crippen LogP contribution in [-0.2, 0) is 14.8 Å². The maximum Gasteiger partial charge on any atom is 0.257 e. The van der Waals surface area contributed by atoms with Gasteiger partial charge in [-0.2, -0.15) is 9.40 Å². The smallest absolute Gasteiger partial charge is 0.257 e. The minimum Gasteiger partial charge on any atom is -0.378 e. The molecule has 2 fully saturated rings. The summed E-state index contributed by atoms with van der Waals surface area (Å²) in [6.45, 7) is 3.24. The lowest BCUT2D eigenvalue weighted by Crippen LogP contribution is -2.40. The molecular formula is C23H26N4O4S. The van der Waals surface area contributed by atoms with Crippen LogP contribution in [0.3, 0.4) is 0 Å². The van der Waals surface area contributed by atoms with Gasteiger partial charge in [-0.25, -0.2) is 12.9 Å². The first-order valence-electron chi connectivity index (χ1n) is 10.9. The van der Waals surface area contributed by atoms with E-state index < -0.39 is 10.0 Å². The van der Waals surface area contributed by atoms with Crippen LogP contribution in [0.5, 0.6) is 0 Å². The average molecular weight is 455 g/mol. The van der Waals surface area contributed by atoms with Crippen molar-refractivity contribution >= 4 is 21.4 Å². The van der Waals surface area contributed by atoms with Gasteiger partial charge < -0.3 is 9.64 Å². The molecule has 2 aromatic heterocycles. The summed E-state index contributed by atoms with van der Waals surface area (Å²) in [6, 6.07) is 12.6. The Morgan fingerprint density at radius 1 is 1.00 bits per heavy atom. The fourth-order valence-corrected chi connectivity index (χ4v) is 6.01. The van der Waals surface area contributed by atoms with E-state index >= 15 is 0 Å². The quantitative estimate of drug-likeness (QED) is 0.604. The molecule has 5 rings (SSSR count). The van der Waals surface area contributed by atoms with Crippen molar-refractivity contribution < 1.29 is 17.9 Å². The van der Waals surface area contributed by atoms with Crippen molar-refractivity contribution in [2.75, 3.05) is 39.4 Å². The number of ether oxygens (including phenoxy) is 1. The largest absolute Gasteiger partial charge is 0.378 e. The average Bonchev–Trinajstić information content (AvgIpc) is 3.28. The summed E-state index contributed by atoms with van der Waals surface area (Å²) in [5.41, 5.74) is 2.50. The van der Waals surface area contributed by atoms with Crippen molar-refractivity contribution in [2.45, 2.75) is 23.7 Å². The van der Waals surface area contributed by atoms with E-state index in [4.69, 9.17) is 4.74 Å². The van der Waals surface area contributed by atoms with Crippen LogP contribution in [-0.4, -0.2) is 72.5 Å². The van der Waals surface area contributed by atoms with Crippen molar-refractivity contribution in [1.29, 1.82) is 0 Å². The van der Waals surface area contributed by atoms with Crippen LogP contribution < -0.4 is 0 Å². The van der Waals surface area contributed by atoms with Crippen LogP contribution in [0.1, 0.15) is 34.7 Å². The van der Waals surface area contributed by atoms with Gasteiger partial charge in [-0.1, -0.05) is 18.2 Å². The van der Waals surface area contributed by atoms with Crippen molar-refractivity contribution in [3.05, 3.63) is 66.0 Å². The van der Waals surface area contributed by atoms with E-state index in [1.54, 1.807) is 44.2 Å². The minimum absolute atomic E-state index is 0.0239. The van der Waals surface area contributed by atoms with E-state index in [1.807, 2.05) is 24.4 Å². The van der Waals surface area contributed by atoms with Crippen LogP contribution in [0, 0.1) is 0 Å². The molecule has 1 aromatic carbocycles. The Bertz CT molecular complexity index is 1210. The van der Waals surface area contributed by atoms with Gasteiger partial charge in [0, 0.05) is 32.4 Å². The number of nitrogens with zero attached hydrogens (tertiary/aromatic N) is 4. The molecule has 32 heavy (non-hydrogen) atoms. The van der Waals surface area contributed by atoms with Gasteiger partial charge in [0.1, 0.15) is 0 Å². The van der Waals surface area contributed by atoms with E-state index in [0.717, 1.165) is 23.9 Å². The highest BCUT2D eigenvalue weighted by Gasteiger charge is 2.30. The molecule has 4 heterocycles. The SMILES string of the molecule is O=C(c1cnn2ccc(C3CCN(S(=O)(=O)c4ccccc4)CC3)cc12)N1CCOCC1. The van der Waals surface area contributed by atoms with Gasteiger partial charge in [-0.3, -0.25) is 4.79 Å². The molecule has 8 nitrogen and oxygen atoms in total. The zero-order valence-electron chi connectivity index (χ0n) is 17.8. The van der Waals surface area contributed by atoms with Crippen molar-refractivity contribution in [2.24, 2.45) is 0 Å². The van der Waals surface area contributed by atoms with Crippen molar-refractivity contribution in [3.8, 4) is 0 Å². The normalized spacial score (nSPS) is 18.8. The fourth-order valence-electron chi connectivity index (χ4n) is 4.52. The number of pyridine rings is 1. The standard InChI is InChI=1S/C23H26N4O4S/c28-23(25-12-14-31-15-13-25)21-17-24-27-11-8-19(16-22(21)27)18-6-9-26(10-7-18)32(29,30)20-4-2-1-3-5-20/h1-5,8,11,16-18H,6-7,9-10,12-15H2. The zero-order valence-corrected chi connectivity index (χ0v) is 18.6. The molecule has 1 amide bonds. The number of rotatable bonds is 4. The molecule has 2 aliphatic heterocycles. The lowest BCUT2D eigenvalue weighted by atomic mass is 9.90. The van der Waals surface area contributed by atoms with E-state index in [2.05, 4.69) is 5.10 Å². The van der Waals surface area contributed by atoms with Crippen molar-refractivity contribution in [3.63, 3.8) is 0 Å². The first kappa shape index (κ1) is 21.1. The van der Waals surface area contributed by atoms with Gasteiger partial charge in [-0.15, -0.1) is 0 Å². The first-order valence-corrected chi connectivity index (χ1v) is 12.4. The number of fused-ring (bicyclic) bond motifs is 1. The summed E-state index contributed by atoms with van der Waals surface area (Å²) >= 11 is 0. The van der Waals surface area contributed by atoms with Gasteiger partial charge in [-0.05, 0) is 48.6 Å². The summed E-state index contributed by atoms with van der Waals surface area (Å²) in [7, 11) is -3.46. The number of piperidine rings is 1. The van der Waals surface area contributed by atoms with Crippen LogP contribution >= 0.6 is 0 Å². The molecule has 0 atom stereocenters. The Balaban J connectivity index is 1.33. The monoisotopic (exact) mass is 454 g/mol. The molecule has 168 valence electrons. The molecule has 0 spiro atoms. The van der Waals surface area contributed by atoms with Gasteiger partial charge >= 0.3 is 0 Å². The molecule has 9 heteroatoms. The number of benzene rings is 1. The molecule has 0 bridgehead atoms. The predicted molar refractivity (Wildman–Crippen MR) is 119 cm³/mol. The Kier molecular flexibility index (Phi) is 5.71. The summed E-state index contributed by atoms with van der Waals surface area (Å²) in [5, 5.41) is 4.35. The van der Waals surface area contributed by atoms with Gasteiger partial charge in [0.2, 0.25) is 10.0 Å². The van der Waals surface area contributed by atoms with Gasteiger partial charge in [0.15, 0.2) is 0 Å². The molecular weight excluding hydrogens is 428 g/mol. The second-order valence-electron chi connectivity index (χ2n) is 8.24. The van der Waals surface area contributed by atoms with Crippen LogP contribution in [0.25, 0.3) is 5.52 Å². The lowest BCUT2D eigenvalue weighted by molar-refractivity contribution is 0.0304. The maximum absolute atomic E-state index is 13.0. The van der Waals surface area contributed by atoms with E-state index in [9.17, 15) is 13.2 Å². The van der Waals surface area contributed by atoms with Crippen LogP contribution in [0.4, 0.5) is 0 Å². The molecule has 3 aromatic rings. The molecule has 2 aliphatic rings. The summed E-state index contributed by atoms with van der Waals surface area (Å²) in [5.74, 6) is 0.215. The second-order valence-corrected chi connectivity index (χ2v) is 10.2. The predicted octanol–water partition coefficient (Wildman–Crippen LogP) is 2.38. The topological polar surface area (TPSA) is 84.2 Å². The number of carbonyl (C=O) groups excluding carboxylic acids is 1. The summed E-state index contributed by atoms with van der Waals surface area (Å²) in [6.07, 6.45) is 4.99. The van der Waals surface area contributed by atoms with Crippen LogP contribution in [0.2, 0.25) is 0 Å². The summed E-state index contributed by atoms with van der Waals surface area (Å²) in [4.78, 5) is 15.1. The fraction of sp³-hybridized carbons (Fsp3) is 0.391. The number of aromatic nitrogens is 2. The molecule has 0 aliphatic carbocycles. The molecule has 2 saturated heterocycles. The third-order valence-electron chi connectivity index (χ3n) is 6.38. The Morgan fingerprint density at radius 2 is 1.72 bits per heavy atom. The Hall–Kier alpha value is -2.75. The van der Waals surface area contributed by atoms with E-state index in [1.165, 1.54) is 0 Å². The molecule has 0 unspecified atom stereocenters. The number of sulfonamides is 1. The maximum atomic E-state index is 13.0. The highest BCUT2D eigenvalue weighted by Crippen LogP contribution is 2.31. The second kappa shape index (κ2) is 8.65. The highest BCUT2D eigenvalue weighted by molar-refractivity contribution is 7.89. The number of amides is 1. The van der Waals surface area contributed by atoms with E-state index in [0.29, 0.717) is 49.9 Å². The van der Waals surface area contributed by atoms with Crippen molar-refractivity contribution in [1.82, 2.24) is 18.8 Å². The van der Waals surface area contributed by atoms with Gasteiger partial charge in [0.05, 0.1) is 35.4 Å². The number of carbonyl (C=O) groups is 1. The van der Waals surface area contributed by atoms with E-state index in [-0.39, 0.29) is 11.8 Å². The Labute approximate surface area is 187 Å². The number of morpholine rings is 1.